The molecule has 2 N–H and O–H groups in total. The minimum absolute atomic E-state index is 0.0630. The molecule has 5 nitrogen and oxygen atoms in total. The topological polar surface area (TPSA) is 67.8 Å². The second-order valence-electron chi connectivity index (χ2n) is 3.48. The number of nitrogens with one attached hydrogen (secondary N) is 1. The lowest BCUT2D eigenvalue weighted by Gasteiger charge is -2.07. The lowest BCUT2D eigenvalue weighted by molar-refractivity contribution is -0.125. The highest BCUT2D eigenvalue weighted by Gasteiger charge is 2.04. The molecule has 0 aliphatic carbocycles. The molecule has 1 aromatic carbocycles. The van der Waals surface area contributed by atoms with Crippen molar-refractivity contribution in [2.24, 2.45) is 0 Å². The number of carbonyl (C=O) groups excluding carboxylic acids is 1. The number of phenols is 1. The van der Waals surface area contributed by atoms with E-state index in [0.717, 1.165) is 5.56 Å². The van der Waals surface area contributed by atoms with Crippen molar-refractivity contribution in [3.63, 3.8) is 0 Å². The van der Waals surface area contributed by atoms with Crippen LogP contribution in [0, 0.1) is 12.3 Å². The van der Waals surface area contributed by atoms with Crippen LogP contribution >= 0.6 is 0 Å². The summed E-state index contributed by atoms with van der Waals surface area (Å²) in [6.07, 6.45) is 5.00. The number of ether oxygens (including phenoxy) is 2. The Bertz CT molecular complexity index is 451. The Morgan fingerprint density at radius 3 is 3.00 bits per heavy atom. The summed E-state index contributed by atoms with van der Waals surface area (Å²) in [4.78, 5) is 11.2. The summed E-state index contributed by atoms with van der Waals surface area (Å²) in [6.45, 7) is 0.375. The number of hydrogen-bond acceptors (Lipinski definition) is 4. The zero-order valence-electron chi connectivity index (χ0n) is 10.1. The molecular weight excluding hydrogens is 234 g/mol. The van der Waals surface area contributed by atoms with Crippen molar-refractivity contribution in [3.05, 3.63) is 23.8 Å². The zero-order valence-corrected chi connectivity index (χ0v) is 10.1. The lowest BCUT2D eigenvalue weighted by atomic mass is 10.2. The summed E-state index contributed by atoms with van der Waals surface area (Å²) < 4.78 is 10.2. The number of methoxy groups -OCH3 is 1. The fraction of sp³-hybridized carbons (Fsp3) is 0.308. The van der Waals surface area contributed by atoms with Crippen LogP contribution in [-0.4, -0.2) is 31.3 Å². The van der Waals surface area contributed by atoms with Gasteiger partial charge in [-0.2, -0.15) is 0 Å². The van der Waals surface area contributed by atoms with Crippen LogP contribution in [0.3, 0.4) is 0 Å². The first-order chi connectivity index (χ1) is 8.67. The van der Waals surface area contributed by atoms with Crippen molar-refractivity contribution >= 4 is 5.91 Å². The van der Waals surface area contributed by atoms with E-state index in [4.69, 9.17) is 15.9 Å². The Morgan fingerprint density at radius 2 is 2.33 bits per heavy atom. The van der Waals surface area contributed by atoms with Gasteiger partial charge in [-0.3, -0.25) is 4.79 Å². The summed E-state index contributed by atoms with van der Waals surface area (Å²) in [7, 11) is 1.47. The van der Waals surface area contributed by atoms with Crippen molar-refractivity contribution in [1.82, 2.24) is 5.32 Å². The Hall–Kier alpha value is -2.19. The van der Waals surface area contributed by atoms with Gasteiger partial charge in [-0.25, -0.2) is 0 Å². The predicted molar refractivity (Wildman–Crippen MR) is 66.2 cm³/mol. The van der Waals surface area contributed by atoms with E-state index in [0.29, 0.717) is 5.75 Å². The third-order valence-electron chi connectivity index (χ3n) is 2.13. The molecule has 0 saturated heterocycles. The minimum atomic E-state index is -0.265. The van der Waals surface area contributed by atoms with E-state index in [-0.39, 0.29) is 31.4 Å². The summed E-state index contributed by atoms with van der Waals surface area (Å²) in [5.41, 5.74) is 0.800. The summed E-state index contributed by atoms with van der Waals surface area (Å²) in [5.74, 6) is 2.46. The maximum Gasteiger partial charge on any atom is 0.246 e. The highest BCUT2D eigenvalue weighted by atomic mass is 16.5. The van der Waals surface area contributed by atoms with E-state index in [1.54, 1.807) is 12.1 Å². The first-order valence-corrected chi connectivity index (χ1v) is 5.31. The lowest BCUT2D eigenvalue weighted by Crippen LogP contribution is -2.27. The van der Waals surface area contributed by atoms with Gasteiger partial charge in [0.1, 0.15) is 6.61 Å². The fourth-order valence-corrected chi connectivity index (χ4v) is 1.27. The molecule has 0 unspecified atom stereocenters. The Kier molecular flexibility index (Phi) is 5.55. The van der Waals surface area contributed by atoms with Crippen molar-refractivity contribution in [3.8, 4) is 23.8 Å². The van der Waals surface area contributed by atoms with Gasteiger partial charge in [-0.1, -0.05) is 12.0 Å². The van der Waals surface area contributed by atoms with Crippen molar-refractivity contribution in [2.45, 2.75) is 6.61 Å². The Labute approximate surface area is 106 Å². The number of aromatic hydroxyl groups is 1. The molecule has 0 aliphatic heterocycles. The van der Waals surface area contributed by atoms with Gasteiger partial charge in [0.2, 0.25) is 5.91 Å². The number of terminal acetylenes is 1. The predicted octanol–water partition coefficient (Wildman–Crippen LogP) is 0.667. The van der Waals surface area contributed by atoms with E-state index >= 15 is 0 Å². The van der Waals surface area contributed by atoms with Crippen LogP contribution in [-0.2, 0) is 16.1 Å². The molecule has 0 radical (unpaired) electrons. The van der Waals surface area contributed by atoms with Crippen molar-refractivity contribution in [1.29, 1.82) is 0 Å². The van der Waals surface area contributed by atoms with Crippen molar-refractivity contribution in [2.75, 3.05) is 20.3 Å². The minimum Gasteiger partial charge on any atom is -0.504 e. The molecule has 1 rings (SSSR count). The van der Waals surface area contributed by atoms with Gasteiger partial charge in [-0.05, 0) is 17.7 Å². The average Bonchev–Trinajstić information content (AvgIpc) is 2.38. The SMILES string of the molecule is C#CCNC(=O)COCc1ccc(O)c(OC)c1. The molecule has 0 aromatic heterocycles. The van der Waals surface area contributed by atoms with Crippen LogP contribution in [0.5, 0.6) is 11.5 Å². The summed E-state index contributed by atoms with van der Waals surface area (Å²) in [6, 6.07) is 4.85. The van der Waals surface area contributed by atoms with E-state index in [1.807, 2.05) is 0 Å². The number of rotatable bonds is 6. The van der Waals surface area contributed by atoms with E-state index in [9.17, 15) is 9.90 Å². The molecule has 0 aliphatic rings. The number of carbonyl (C=O) groups is 1. The van der Waals surface area contributed by atoms with Crippen LogP contribution in [0.25, 0.3) is 0 Å². The third kappa shape index (κ3) is 4.36. The van der Waals surface area contributed by atoms with Crippen LogP contribution in [0.1, 0.15) is 5.56 Å². The standard InChI is InChI=1S/C13H15NO4/c1-3-6-14-13(16)9-18-8-10-4-5-11(15)12(7-10)17-2/h1,4-5,7,15H,6,8-9H2,2H3,(H,14,16). The summed E-state index contributed by atoms with van der Waals surface area (Å²) >= 11 is 0. The van der Waals surface area contributed by atoms with Crippen LogP contribution < -0.4 is 10.1 Å². The molecule has 1 aromatic rings. The molecule has 0 bridgehead atoms. The molecule has 96 valence electrons. The maximum absolute atomic E-state index is 11.2. The number of benzene rings is 1. The van der Waals surface area contributed by atoms with E-state index in [2.05, 4.69) is 11.2 Å². The van der Waals surface area contributed by atoms with Crippen LogP contribution in [0.2, 0.25) is 0 Å². The van der Waals surface area contributed by atoms with Crippen molar-refractivity contribution < 1.29 is 19.4 Å². The Morgan fingerprint density at radius 1 is 1.56 bits per heavy atom. The monoisotopic (exact) mass is 249 g/mol. The first kappa shape index (κ1) is 13.9. The molecule has 0 atom stereocenters. The summed E-state index contributed by atoms with van der Waals surface area (Å²) in [5, 5.41) is 11.9. The zero-order chi connectivity index (χ0) is 13.4. The molecule has 1 amide bonds. The largest absolute Gasteiger partial charge is 0.504 e. The van der Waals surface area contributed by atoms with Gasteiger partial charge in [0.25, 0.3) is 0 Å². The molecule has 5 heteroatoms. The normalized spacial score (nSPS) is 9.56. The van der Waals surface area contributed by atoms with Gasteiger partial charge >= 0.3 is 0 Å². The van der Waals surface area contributed by atoms with Crippen LogP contribution in [0.15, 0.2) is 18.2 Å². The Balaban J connectivity index is 2.40. The van der Waals surface area contributed by atoms with Gasteiger partial charge in [0.15, 0.2) is 11.5 Å². The van der Waals surface area contributed by atoms with E-state index in [1.165, 1.54) is 13.2 Å². The van der Waals surface area contributed by atoms with Gasteiger partial charge < -0.3 is 19.9 Å². The van der Waals surface area contributed by atoms with E-state index < -0.39 is 0 Å². The number of hydrogen-bond donors (Lipinski definition) is 2. The fourth-order valence-electron chi connectivity index (χ4n) is 1.27. The van der Waals surface area contributed by atoms with Crippen LogP contribution in [0.4, 0.5) is 0 Å². The molecular formula is C13H15NO4. The highest BCUT2D eigenvalue weighted by molar-refractivity contribution is 5.77. The number of phenolic OH excluding ortho intramolecular Hbond substituents is 1. The first-order valence-electron chi connectivity index (χ1n) is 5.31. The molecule has 0 fully saturated rings. The quantitative estimate of drug-likeness (QED) is 0.727. The van der Waals surface area contributed by atoms with Gasteiger partial charge in [0, 0.05) is 0 Å². The maximum atomic E-state index is 11.2. The molecule has 18 heavy (non-hydrogen) atoms. The number of amides is 1. The van der Waals surface area contributed by atoms with Gasteiger partial charge in [0.05, 0.1) is 20.3 Å². The second kappa shape index (κ2) is 7.20. The average molecular weight is 249 g/mol. The smallest absolute Gasteiger partial charge is 0.246 e. The van der Waals surface area contributed by atoms with Gasteiger partial charge in [-0.15, -0.1) is 6.42 Å². The molecule has 0 saturated carbocycles. The third-order valence-corrected chi connectivity index (χ3v) is 2.13. The molecule has 0 heterocycles. The molecule has 0 spiro atoms. The highest BCUT2D eigenvalue weighted by Crippen LogP contribution is 2.26. The second-order valence-corrected chi connectivity index (χ2v) is 3.48.